The van der Waals surface area contributed by atoms with Gasteiger partial charge in [0.25, 0.3) is 0 Å². The number of carbonyl (C=O) groups excluding carboxylic acids is 2. The summed E-state index contributed by atoms with van der Waals surface area (Å²) in [6, 6.07) is 8.90. The maximum atomic E-state index is 11.8. The van der Waals surface area contributed by atoms with E-state index in [1.165, 1.54) is 6.08 Å². The second-order valence-corrected chi connectivity index (χ2v) is 4.93. The van der Waals surface area contributed by atoms with Gasteiger partial charge in [0.1, 0.15) is 0 Å². The molecule has 0 amide bonds. The lowest BCUT2D eigenvalue weighted by Crippen LogP contribution is -2.19. The molecule has 0 saturated carbocycles. The summed E-state index contributed by atoms with van der Waals surface area (Å²) >= 11 is 11.6. The number of carbonyl (C=O) groups is 2. The monoisotopic (exact) mass is 276 g/mol. The highest BCUT2D eigenvalue weighted by molar-refractivity contribution is 6.63. The van der Waals surface area contributed by atoms with Crippen molar-refractivity contribution in [3.8, 4) is 0 Å². The van der Waals surface area contributed by atoms with E-state index < -0.39 is 11.6 Å². The molecule has 88 valence electrons. The number of hydrogen-bond acceptors (Lipinski definition) is 2. The van der Waals surface area contributed by atoms with Crippen LogP contribution in [0.5, 0.6) is 0 Å². The van der Waals surface area contributed by atoms with Gasteiger partial charge in [0, 0.05) is 10.6 Å². The van der Waals surface area contributed by atoms with Gasteiger partial charge in [-0.15, -0.1) is 0 Å². The van der Waals surface area contributed by atoms with E-state index in [1.807, 2.05) is 12.1 Å². The first kappa shape index (κ1) is 11.5. The van der Waals surface area contributed by atoms with Crippen LogP contribution in [0.3, 0.4) is 0 Å². The van der Waals surface area contributed by atoms with Crippen molar-refractivity contribution < 1.29 is 9.59 Å². The summed E-state index contributed by atoms with van der Waals surface area (Å²) in [5.74, 6) is -1.23. The minimum atomic E-state index is -0.662. The van der Waals surface area contributed by atoms with Crippen LogP contribution in [0.15, 0.2) is 35.4 Å². The minimum absolute atomic E-state index is 0.0409. The zero-order valence-corrected chi connectivity index (χ0v) is 10.5. The van der Waals surface area contributed by atoms with Crippen molar-refractivity contribution in [2.24, 2.45) is 0 Å². The summed E-state index contributed by atoms with van der Waals surface area (Å²) in [7, 11) is 0. The van der Waals surface area contributed by atoms with Gasteiger partial charge in [0.05, 0.1) is 5.03 Å². The molecule has 2 nitrogen and oxygen atoms in total. The lowest BCUT2D eigenvalue weighted by molar-refractivity contribution is -0.111. The van der Waals surface area contributed by atoms with Gasteiger partial charge in [-0.25, -0.2) is 0 Å². The number of ketones is 2. The number of benzene rings is 2. The van der Waals surface area contributed by atoms with E-state index in [1.54, 1.807) is 18.2 Å². The lowest BCUT2D eigenvalue weighted by Gasteiger charge is -2.12. The van der Waals surface area contributed by atoms with Crippen LogP contribution in [0.4, 0.5) is 0 Å². The molecule has 3 rings (SSSR count). The van der Waals surface area contributed by atoms with Crippen molar-refractivity contribution in [3.63, 3.8) is 0 Å². The van der Waals surface area contributed by atoms with Gasteiger partial charge in [-0.1, -0.05) is 29.3 Å². The Hall–Kier alpha value is -1.64. The molecular formula is C14H6Cl2O2. The summed E-state index contributed by atoms with van der Waals surface area (Å²) < 4.78 is 0. The Morgan fingerprint density at radius 1 is 0.833 bits per heavy atom. The molecule has 0 heterocycles. The summed E-state index contributed by atoms with van der Waals surface area (Å²) in [5, 5.41) is 2.32. The summed E-state index contributed by atoms with van der Waals surface area (Å²) in [4.78, 5) is 23.4. The Kier molecular flexibility index (Phi) is 2.51. The Morgan fingerprint density at radius 3 is 2.39 bits per heavy atom. The van der Waals surface area contributed by atoms with E-state index in [4.69, 9.17) is 23.2 Å². The zero-order chi connectivity index (χ0) is 12.9. The Morgan fingerprint density at radius 2 is 1.61 bits per heavy atom. The molecule has 0 aliphatic heterocycles. The quantitative estimate of drug-likeness (QED) is 0.685. The second-order valence-electron chi connectivity index (χ2n) is 4.08. The molecule has 4 heteroatoms. The van der Waals surface area contributed by atoms with E-state index >= 15 is 0 Å². The van der Waals surface area contributed by atoms with E-state index in [0.29, 0.717) is 16.1 Å². The molecule has 18 heavy (non-hydrogen) atoms. The Balaban J connectivity index is 2.36. The number of Topliss-reactive ketones (excluding diaryl/α,β-unsaturated/α-hetero) is 2. The molecule has 0 spiro atoms. The molecule has 0 atom stereocenters. The average Bonchev–Trinajstić information content (AvgIpc) is 2.35. The Labute approximate surface area is 113 Å². The fourth-order valence-electron chi connectivity index (χ4n) is 2.04. The molecule has 0 unspecified atom stereocenters. The molecule has 0 N–H and O–H groups in total. The highest BCUT2D eigenvalue weighted by atomic mass is 35.5. The highest BCUT2D eigenvalue weighted by Gasteiger charge is 2.26. The first-order valence-corrected chi connectivity index (χ1v) is 6.01. The number of hydrogen-bond donors (Lipinski definition) is 0. The van der Waals surface area contributed by atoms with E-state index in [2.05, 4.69) is 0 Å². The third-order valence-corrected chi connectivity index (χ3v) is 3.44. The van der Waals surface area contributed by atoms with E-state index in [-0.39, 0.29) is 5.03 Å². The van der Waals surface area contributed by atoms with Gasteiger partial charge in [0.2, 0.25) is 11.6 Å². The van der Waals surface area contributed by atoms with Crippen LogP contribution in [0.25, 0.3) is 16.8 Å². The molecule has 2 aromatic carbocycles. The maximum Gasteiger partial charge on any atom is 0.244 e. The van der Waals surface area contributed by atoms with Crippen molar-refractivity contribution in [3.05, 3.63) is 51.5 Å². The van der Waals surface area contributed by atoms with Crippen LogP contribution in [0, 0.1) is 0 Å². The SMILES string of the molecule is O=C1C(=O)c2cc3cc(Cl)ccc3cc2C=C1Cl. The van der Waals surface area contributed by atoms with E-state index in [9.17, 15) is 9.59 Å². The van der Waals surface area contributed by atoms with Gasteiger partial charge in [-0.2, -0.15) is 0 Å². The normalized spacial score (nSPS) is 14.7. The van der Waals surface area contributed by atoms with Gasteiger partial charge in [0.15, 0.2) is 0 Å². The topological polar surface area (TPSA) is 34.1 Å². The third kappa shape index (κ3) is 1.65. The van der Waals surface area contributed by atoms with Crippen LogP contribution >= 0.6 is 23.2 Å². The van der Waals surface area contributed by atoms with Crippen LogP contribution < -0.4 is 0 Å². The second kappa shape index (κ2) is 3.94. The predicted octanol–water partition coefficient (Wildman–Crippen LogP) is 3.84. The fraction of sp³-hybridized carbons (Fsp3) is 0. The molecule has 0 saturated heterocycles. The van der Waals surface area contributed by atoms with Crippen LogP contribution in [0.2, 0.25) is 5.02 Å². The first-order chi connectivity index (χ1) is 8.56. The summed E-state index contributed by atoms with van der Waals surface area (Å²) in [6.45, 7) is 0. The fourth-order valence-corrected chi connectivity index (χ4v) is 2.42. The minimum Gasteiger partial charge on any atom is -0.285 e. The summed E-state index contributed by atoms with van der Waals surface area (Å²) in [6.07, 6.45) is 1.52. The van der Waals surface area contributed by atoms with Gasteiger partial charge < -0.3 is 0 Å². The van der Waals surface area contributed by atoms with Gasteiger partial charge >= 0.3 is 0 Å². The highest BCUT2D eigenvalue weighted by Crippen LogP contribution is 2.29. The lowest BCUT2D eigenvalue weighted by atomic mass is 9.92. The van der Waals surface area contributed by atoms with E-state index in [0.717, 1.165) is 10.8 Å². The van der Waals surface area contributed by atoms with Crippen molar-refractivity contribution in [2.45, 2.75) is 0 Å². The van der Waals surface area contributed by atoms with Crippen molar-refractivity contribution >= 4 is 51.6 Å². The standard InChI is InChI=1S/C14H6Cl2O2/c15-10-2-1-7-3-9-6-12(16)14(18)13(17)11(9)5-8(7)4-10/h1-6H. The third-order valence-electron chi connectivity index (χ3n) is 2.92. The molecular weight excluding hydrogens is 271 g/mol. The Bertz CT molecular complexity index is 745. The van der Waals surface area contributed by atoms with Gasteiger partial charge in [-0.05, 0) is 46.7 Å². The van der Waals surface area contributed by atoms with Crippen molar-refractivity contribution in [2.75, 3.05) is 0 Å². The molecule has 1 aliphatic carbocycles. The maximum absolute atomic E-state index is 11.8. The van der Waals surface area contributed by atoms with Crippen LogP contribution in [-0.4, -0.2) is 11.6 Å². The molecule has 0 fully saturated rings. The first-order valence-electron chi connectivity index (χ1n) is 5.26. The van der Waals surface area contributed by atoms with Gasteiger partial charge in [-0.3, -0.25) is 9.59 Å². The predicted molar refractivity (Wildman–Crippen MR) is 72.1 cm³/mol. The molecule has 0 bridgehead atoms. The largest absolute Gasteiger partial charge is 0.285 e. The number of halogens is 2. The molecule has 0 aromatic heterocycles. The molecule has 2 aromatic rings. The smallest absolute Gasteiger partial charge is 0.244 e. The number of rotatable bonds is 0. The van der Waals surface area contributed by atoms with Crippen LogP contribution in [0.1, 0.15) is 15.9 Å². The van der Waals surface area contributed by atoms with Crippen LogP contribution in [-0.2, 0) is 4.79 Å². The molecule has 1 aliphatic rings. The van der Waals surface area contributed by atoms with Crippen molar-refractivity contribution in [1.29, 1.82) is 0 Å². The average molecular weight is 277 g/mol. The number of allylic oxidation sites excluding steroid dienone is 1. The number of fused-ring (bicyclic) bond motifs is 2. The zero-order valence-electron chi connectivity index (χ0n) is 9.04. The molecule has 0 radical (unpaired) electrons. The summed E-state index contributed by atoms with van der Waals surface area (Å²) in [5.41, 5.74) is 1.04. The van der Waals surface area contributed by atoms with Crippen molar-refractivity contribution in [1.82, 2.24) is 0 Å².